The lowest BCUT2D eigenvalue weighted by Crippen LogP contribution is -2.21. The molecule has 7 fully saturated rings. The van der Waals surface area contributed by atoms with Crippen molar-refractivity contribution >= 4 is 0 Å². The first kappa shape index (κ1) is 52.7. The van der Waals surface area contributed by atoms with Crippen molar-refractivity contribution in [2.24, 2.45) is 29.1 Å². The predicted octanol–water partition coefficient (Wildman–Crippen LogP) is 18.3. The molecule has 0 aromatic heterocycles. The van der Waals surface area contributed by atoms with Crippen LogP contribution in [0.25, 0.3) is 0 Å². The van der Waals surface area contributed by atoms with E-state index in [0.29, 0.717) is 42.0 Å². The molecule has 3 saturated heterocycles. The van der Waals surface area contributed by atoms with Crippen LogP contribution in [0, 0.1) is 29.1 Å². The molecule has 9 atom stereocenters. The maximum Gasteiger partial charge on any atom is 0.0844 e. The zero-order valence-corrected chi connectivity index (χ0v) is 43.2. The molecule has 7 aliphatic rings. The molecule has 0 aromatic rings. The molecule has 0 amide bonds. The number of hydrogen-bond donors (Lipinski definition) is 1. The first-order valence-electron chi connectivity index (χ1n) is 30.8. The van der Waals surface area contributed by atoms with Crippen molar-refractivity contribution in [1.29, 1.82) is 0 Å². The second kappa shape index (κ2) is 30.5. The average Bonchev–Trinajstić information content (AvgIpc) is 4.23. The van der Waals surface area contributed by atoms with E-state index in [1.165, 1.54) is 302 Å². The monoisotopic (exact) mass is 907 g/mol. The Bertz CT molecular complexity index is 1080. The maximum atomic E-state index is 9.89. The van der Waals surface area contributed by atoms with Gasteiger partial charge in [0.15, 0.2) is 0 Å². The van der Waals surface area contributed by atoms with Crippen molar-refractivity contribution < 1.29 is 19.3 Å². The Morgan fingerprint density at radius 2 is 0.508 bits per heavy atom. The highest BCUT2D eigenvalue weighted by Gasteiger charge is 2.45. The molecule has 4 nitrogen and oxygen atoms in total. The third-order valence-corrected chi connectivity index (χ3v) is 19.4. The molecule has 0 bridgehead atoms. The van der Waals surface area contributed by atoms with Crippen LogP contribution in [0.2, 0.25) is 0 Å². The van der Waals surface area contributed by atoms with Crippen molar-refractivity contribution in [1.82, 2.24) is 0 Å². The summed E-state index contributed by atoms with van der Waals surface area (Å²) in [7, 11) is 0. The summed E-state index contributed by atoms with van der Waals surface area (Å²) in [5.74, 6) is 3.81. The van der Waals surface area contributed by atoms with Crippen LogP contribution in [0.5, 0.6) is 0 Å². The fourth-order valence-electron chi connectivity index (χ4n) is 14.7. The van der Waals surface area contributed by atoms with Crippen molar-refractivity contribution in [3.05, 3.63) is 0 Å². The van der Waals surface area contributed by atoms with E-state index in [2.05, 4.69) is 0 Å². The van der Waals surface area contributed by atoms with Crippen LogP contribution in [-0.2, 0) is 14.2 Å². The molecule has 3 aliphatic heterocycles. The number of aliphatic hydroxyl groups is 1. The van der Waals surface area contributed by atoms with Gasteiger partial charge in [-0.3, -0.25) is 0 Å². The highest BCUT2D eigenvalue weighted by atomic mass is 16.6. The van der Waals surface area contributed by atoms with Gasteiger partial charge in [-0.15, -0.1) is 0 Å². The van der Waals surface area contributed by atoms with E-state index >= 15 is 0 Å². The van der Waals surface area contributed by atoms with E-state index in [0.717, 1.165) is 36.5 Å². The topological polar surface area (TPSA) is 57.8 Å². The zero-order valence-electron chi connectivity index (χ0n) is 43.2. The molecule has 65 heavy (non-hydrogen) atoms. The fraction of sp³-hybridized carbons (Fsp3) is 1.00. The minimum atomic E-state index is -0.00228. The van der Waals surface area contributed by atoms with E-state index in [1.54, 1.807) is 0 Å². The molecule has 0 spiro atoms. The predicted molar refractivity (Wildman–Crippen MR) is 275 cm³/mol. The van der Waals surface area contributed by atoms with Crippen molar-refractivity contribution in [2.75, 3.05) is 0 Å². The van der Waals surface area contributed by atoms with Gasteiger partial charge >= 0.3 is 0 Å². The van der Waals surface area contributed by atoms with Gasteiger partial charge in [-0.2, -0.15) is 0 Å². The number of hydrogen-bond acceptors (Lipinski definition) is 4. The van der Waals surface area contributed by atoms with Gasteiger partial charge in [0.05, 0.1) is 42.7 Å². The van der Waals surface area contributed by atoms with E-state index in [4.69, 9.17) is 14.2 Å². The zero-order chi connectivity index (χ0) is 44.6. The highest BCUT2D eigenvalue weighted by molar-refractivity contribution is 4.93. The third-order valence-electron chi connectivity index (χ3n) is 19.4. The summed E-state index contributed by atoms with van der Waals surface area (Å²) in [4.78, 5) is 0. The number of rotatable bonds is 40. The van der Waals surface area contributed by atoms with E-state index < -0.39 is 0 Å². The smallest absolute Gasteiger partial charge is 0.0844 e. The SMILES string of the molecule is OC1CCC(CCCCCCCCCC(CCCCCCCCCC2CCC3OC3C2)(CCCCCCCCCC2CCC3OC3C2)CCCCCCCCCC2CCC3OC3C2)CC1. The lowest BCUT2D eigenvalue weighted by atomic mass is 9.70. The number of fused-ring (bicyclic) bond motifs is 3. The second-order valence-electron chi connectivity index (χ2n) is 24.9. The van der Waals surface area contributed by atoms with Crippen LogP contribution in [0.15, 0.2) is 0 Å². The van der Waals surface area contributed by atoms with Crippen LogP contribution < -0.4 is 0 Å². The molecule has 1 N–H and O–H groups in total. The molecular weight excluding hydrogens is 797 g/mol. The van der Waals surface area contributed by atoms with Crippen LogP contribution >= 0.6 is 0 Å². The summed E-state index contributed by atoms with van der Waals surface area (Å²) in [5, 5.41) is 9.89. The standard InChI is InChI=1S/C61H110O4/c62-54-38-33-50(34-39-54)29-21-13-5-1-9-17-25-43-61(44-26-18-10-2-6-14-22-30-51-35-40-55-58(47-51)63-55,45-27-19-11-3-7-15-23-31-52-36-41-56-59(48-52)64-56)46-28-20-12-4-8-16-24-32-53-37-42-57-60(49-53)65-57/h50-60,62H,1-49H2. The molecule has 0 aromatic carbocycles. The van der Waals surface area contributed by atoms with Gasteiger partial charge in [0.2, 0.25) is 0 Å². The molecule has 0 radical (unpaired) electrons. The second-order valence-corrected chi connectivity index (χ2v) is 24.9. The number of aliphatic hydroxyl groups excluding tert-OH is 1. The number of unbranched alkanes of at least 4 members (excludes halogenated alkanes) is 24. The molecule has 9 unspecified atom stereocenters. The summed E-state index contributed by atoms with van der Waals surface area (Å²) in [6.07, 6.45) is 74.2. The van der Waals surface area contributed by atoms with E-state index in [9.17, 15) is 5.11 Å². The van der Waals surface area contributed by atoms with Gasteiger partial charge in [-0.05, 0) is 138 Å². The first-order valence-corrected chi connectivity index (χ1v) is 30.8. The summed E-state index contributed by atoms with van der Waals surface area (Å²) >= 11 is 0. The van der Waals surface area contributed by atoms with E-state index in [1.807, 2.05) is 0 Å². The van der Waals surface area contributed by atoms with Gasteiger partial charge in [0, 0.05) is 0 Å². The Morgan fingerprint density at radius 3 is 0.800 bits per heavy atom. The van der Waals surface area contributed by atoms with Crippen LogP contribution in [0.1, 0.15) is 315 Å². The average molecular weight is 908 g/mol. The molecular formula is C61H110O4. The van der Waals surface area contributed by atoms with Gasteiger partial charge in [0.25, 0.3) is 0 Å². The first-order chi connectivity index (χ1) is 32.1. The largest absolute Gasteiger partial charge is 0.393 e. The van der Waals surface area contributed by atoms with E-state index in [-0.39, 0.29) is 6.10 Å². The Morgan fingerprint density at radius 1 is 0.262 bits per heavy atom. The van der Waals surface area contributed by atoms with Crippen LogP contribution in [0.4, 0.5) is 0 Å². The Kier molecular flexibility index (Phi) is 24.7. The highest BCUT2D eigenvalue weighted by Crippen LogP contribution is 2.45. The minimum absolute atomic E-state index is 0.00228. The Labute approximate surface area is 404 Å². The summed E-state index contributed by atoms with van der Waals surface area (Å²) in [6.45, 7) is 0. The molecule has 4 heteroatoms. The van der Waals surface area contributed by atoms with Gasteiger partial charge in [-0.1, -0.05) is 205 Å². The third kappa shape index (κ3) is 21.4. The van der Waals surface area contributed by atoms with Crippen LogP contribution in [-0.4, -0.2) is 47.8 Å². The van der Waals surface area contributed by atoms with Gasteiger partial charge in [0.1, 0.15) is 0 Å². The molecule has 3 heterocycles. The van der Waals surface area contributed by atoms with Crippen molar-refractivity contribution in [3.8, 4) is 0 Å². The lowest BCUT2D eigenvalue weighted by Gasteiger charge is -2.35. The number of ether oxygens (including phenoxy) is 3. The van der Waals surface area contributed by atoms with Gasteiger partial charge in [-0.25, -0.2) is 0 Å². The Balaban J connectivity index is 0.788. The molecule has 4 saturated carbocycles. The lowest BCUT2D eigenvalue weighted by molar-refractivity contribution is 0.106. The van der Waals surface area contributed by atoms with Crippen molar-refractivity contribution in [3.63, 3.8) is 0 Å². The molecule has 7 rings (SSSR count). The van der Waals surface area contributed by atoms with Crippen LogP contribution in [0.3, 0.4) is 0 Å². The van der Waals surface area contributed by atoms with Crippen molar-refractivity contribution in [2.45, 2.75) is 357 Å². The van der Waals surface area contributed by atoms with Gasteiger partial charge < -0.3 is 19.3 Å². The maximum absolute atomic E-state index is 9.89. The Hall–Kier alpha value is -0.160. The quantitative estimate of drug-likeness (QED) is 0.0492. The number of epoxide rings is 3. The normalized spacial score (nSPS) is 32.4. The molecule has 4 aliphatic carbocycles. The molecule has 378 valence electrons. The summed E-state index contributed by atoms with van der Waals surface area (Å²) in [6, 6.07) is 0. The minimum Gasteiger partial charge on any atom is -0.393 e. The summed E-state index contributed by atoms with van der Waals surface area (Å²) < 4.78 is 17.4. The fourth-order valence-corrected chi connectivity index (χ4v) is 14.7. The summed E-state index contributed by atoms with van der Waals surface area (Å²) in [5.41, 5.74) is 0.617.